The second kappa shape index (κ2) is 6.58. The molecule has 1 N–H and O–H groups in total. The van der Waals surface area contributed by atoms with Gasteiger partial charge in [0.05, 0.1) is 0 Å². The first kappa shape index (κ1) is 18.2. The Morgan fingerprint density at radius 1 is 1.16 bits per heavy atom. The molecule has 0 fully saturated rings. The maximum atomic E-state index is 11.5. The maximum Gasteiger partial charge on any atom is 0.243 e. The maximum absolute atomic E-state index is 11.5. The highest BCUT2D eigenvalue weighted by Crippen LogP contribution is 2.49. The lowest BCUT2D eigenvalue weighted by Crippen LogP contribution is -2.49. The Labute approximate surface area is 120 Å². The molecule has 0 aliphatic heterocycles. The van der Waals surface area contributed by atoms with Gasteiger partial charge in [0.1, 0.15) is 0 Å². The van der Waals surface area contributed by atoms with E-state index >= 15 is 0 Å². The van der Waals surface area contributed by atoms with Gasteiger partial charge in [-0.15, -0.1) is 0 Å². The fourth-order valence-electron chi connectivity index (χ4n) is 3.29. The van der Waals surface area contributed by atoms with Gasteiger partial charge in [0.15, 0.2) is 0 Å². The molecule has 2 heteroatoms. The Balaban J connectivity index is 5.00. The SMILES string of the molecule is C=CC(=O)NC(C)(C)CC(C)(C)C(C)(CC)CCC. The number of hydrogen-bond donors (Lipinski definition) is 1. The number of rotatable bonds is 8. The van der Waals surface area contributed by atoms with Crippen LogP contribution in [0.1, 0.15) is 74.1 Å². The summed E-state index contributed by atoms with van der Waals surface area (Å²) in [5.41, 5.74) is 0.270. The molecule has 1 amide bonds. The third-order valence-corrected chi connectivity index (χ3v) is 4.75. The fourth-order valence-corrected chi connectivity index (χ4v) is 3.29. The molecule has 0 radical (unpaired) electrons. The molecule has 112 valence electrons. The van der Waals surface area contributed by atoms with Crippen molar-refractivity contribution in [1.82, 2.24) is 5.32 Å². The molecule has 0 bridgehead atoms. The predicted molar refractivity (Wildman–Crippen MR) is 84.1 cm³/mol. The minimum atomic E-state index is -0.209. The molecule has 0 heterocycles. The van der Waals surface area contributed by atoms with Crippen molar-refractivity contribution >= 4 is 5.91 Å². The molecule has 0 rings (SSSR count). The van der Waals surface area contributed by atoms with Gasteiger partial charge in [0.2, 0.25) is 5.91 Å². The number of nitrogens with one attached hydrogen (secondary N) is 1. The molecule has 0 aliphatic carbocycles. The monoisotopic (exact) mass is 267 g/mol. The van der Waals surface area contributed by atoms with Gasteiger partial charge in [-0.2, -0.15) is 0 Å². The predicted octanol–water partition coefficient (Wildman–Crippen LogP) is 4.70. The Morgan fingerprint density at radius 3 is 2.05 bits per heavy atom. The molecule has 0 saturated heterocycles. The number of carbonyl (C=O) groups is 1. The summed E-state index contributed by atoms with van der Waals surface area (Å²) in [6, 6.07) is 0. The fraction of sp³-hybridized carbons (Fsp3) is 0.824. The first-order valence-electron chi connectivity index (χ1n) is 7.48. The lowest BCUT2D eigenvalue weighted by atomic mass is 9.59. The Hall–Kier alpha value is -0.790. The molecular formula is C17H33NO. The van der Waals surface area contributed by atoms with Crippen LogP contribution in [-0.4, -0.2) is 11.4 Å². The third kappa shape index (κ3) is 5.00. The minimum Gasteiger partial charge on any atom is -0.348 e. The second-order valence-electron chi connectivity index (χ2n) is 7.30. The summed E-state index contributed by atoms with van der Waals surface area (Å²) < 4.78 is 0. The third-order valence-electron chi connectivity index (χ3n) is 4.75. The van der Waals surface area contributed by atoms with E-state index in [1.807, 2.05) is 0 Å². The van der Waals surface area contributed by atoms with Crippen LogP contribution in [0.15, 0.2) is 12.7 Å². The topological polar surface area (TPSA) is 29.1 Å². The van der Waals surface area contributed by atoms with E-state index in [0.29, 0.717) is 5.41 Å². The molecule has 0 aliphatic rings. The van der Waals surface area contributed by atoms with Crippen LogP contribution >= 0.6 is 0 Å². The van der Waals surface area contributed by atoms with Crippen molar-refractivity contribution in [2.45, 2.75) is 79.7 Å². The summed E-state index contributed by atoms with van der Waals surface area (Å²) in [7, 11) is 0. The van der Waals surface area contributed by atoms with Gasteiger partial charge in [-0.25, -0.2) is 0 Å². The van der Waals surface area contributed by atoms with Crippen molar-refractivity contribution in [2.75, 3.05) is 0 Å². The van der Waals surface area contributed by atoms with Gasteiger partial charge in [0, 0.05) is 5.54 Å². The lowest BCUT2D eigenvalue weighted by molar-refractivity contribution is -0.118. The second-order valence-corrected chi connectivity index (χ2v) is 7.30. The standard InChI is InChI=1S/C17H33NO/c1-9-12-17(8,11-3)15(4,5)13-16(6,7)18-14(19)10-2/h10H,2,9,11-13H2,1,3-8H3,(H,18,19). The number of carbonyl (C=O) groups excluding carboxylic acids is 1. The molecule has 0 aromatic carbocycles. The molecule has 0 aromatic rings. The average molecular weight is 267 g/mol. The summed E-state index contributed by atoms with van der Waals surface area (Å²) in [6.45, 7) is 19.3. The largest absolute Gasteiger partial charge is 0.348 e. The van der Waals surface area contributed by atoms with Crippen molar-refractivity contribution < 1.29 is 4.79 Å². The van der Waals surface area contributed by atoms with E-state index in [1.54, 1.807) is 0 Å². The van der Waals surface area contributed by atoms with Crippen LogP contribution in [0.4, 0.5) is 0 Å². The van der Waals surface area contributed by atoms with Gasteiger partial charge in [0.25, 0.3) is 0 Å². The van der Waals surface area contributed by atoms with Gasteiger partial charge in [-0.3, -0.25) is 4.79 Å². The zero-order valence-corrected chi connectivity index (χ0v) is 14.0. The van der Waals surface area contributed by atoms with Crippen molar-refractivity contribution in [3.63, 3.8) is 0 Å². The smallest absolute Gasteiger partial charge is 0.243 e. The van der Waals surface area contributed by atoms with Gasteiger partial charge in [-0.05, 0) is 43.6 Å². The number of hydrogen-bond acceptors (Lipinski definition) is 1. The molecular weight excluding hydrogens is 234 g/mol. The number of amides is 1. The van der Waals surface area contributed by atoms with Crippen LogP contribution in [0.25, 0.3) is 0 Å². The summed E-state index contributed by atoms with van der Waals surface area (Å²) in [5, 5.41) is 3.04. The van der Waals surface area contributed by atoms with E-state index < -0.39 is 0 Å². The Morgan fingerprint density at radius 2 is 1.68 bits per heavy atom. The highest BCUT2D eigenvalue weighted by molar-refractivity contribution is 5.87. The van der Waals surface area contributed by atoms with Crippen LogP contribution in [0.5, 0.6) is 0 Å². The summed E-state index contributed by atoms with van der Waals surface area (Å²) in [4.78, 5) is 11.5. The van der Waals surface area contributed by atoms with E-state index in [4.69, 9.17) is 0 Å². The average Bonchev–Trinajstić information content (AvgIpc) is 2.26. The van der Waals surface area contributed by atoms with Crippen molar-refractivity contribution in [3.8, 4) is 0 Å². The Bertz CT molecular complexity index is 317. The van der Waals surface area contributed by atoms with Crippen molar-refractivity contribution in [2.24, 2.45) is 10.8 Å². The molecule has 2 nitrogen and oxygen atoms in total. The van der Waals surface area contributed by atoms with E-state index in [0.717, 1.165) is 6.42 Å². The minimum absolute atomic E-state index is 0.0884. The van der Waals surface area contributed by atoms with Gasteiger partial charge in [-0.1, -0.05) is 54.0 Å². The normalized spacial score (nSPS) is 15.7. The van der Waals surface area contributed by atoms with E-state index in [1.165, 1.54) is 25.3 Å². The van der Waals surface area contributed by atoms with Crippen LogP contribution in [-0.2, 0) is 4.79 Å². The molecule has 1 unspecified atom stereocenters. The Kier molecular flexibility index (Phi) is 6.31. The van der Waals surface area contributed by atoms with Crippen LogP contribution in [0.3, 0.4) is 0 Å². The van der Waals surface area contributed by atoms with Gasteiger partial charge >= 0.3 is 0 Å². The lowest BCUT2D eigenvalue weighted by Gasteiger charge is -2.48. The van der Waals surface area contributed by atoms with Crippen molar-refractivity contribution in [3.05, 3.63) is 12.7 Å². The first-order chi connectivity index (χ1) is 8.53. The van der Waals surface area contributed by atoms with E-state index in [-0.39, 0.29) is 16.9 Å². The molecule has 0 spiro atoms. The van der Waals surface area contributed by atoms with Crippen molar-refractivity contribution in [1.29, 1.82) is 0 Å². The highest BCUT2D eigenvalue weighted by Gasteiger charge is 2.42. The molecule has 19 heavy (non-hydrogen) atoms. The van der Waals surface area contributed by atoms with Crippen LogP contribution in [0, 0.1) is 10.8 Å². The zero-order valence-electron chi connectivity index (χ0n) is 14.0. The van der Waals surface area contributed by atoms with E-state index in [2.05, 4.69) is 60.4 Å². The summed E-state index contributed by atoms with van der Waals surface area (Å²) in [6.07, 6.45) is 5.90. The first-order valence-corrected chi connectivity index (χ1v) is 7.48. The van der Waals surface area contributed by atoms with Gasteiger partial charge < -0.3 is 5.32 Å². The molecule has 0 saturated carbocycles. The summed E-state index contributed by atoms with van der Waals surface area (Å²) in [5.74, 6) is -0.0884. The zero-order chi connectivity index (χ0) is 15.3. The highest BCUT2D eigenvalue weighted by atomic mass is 16.1. The quantitative estimate of drug-likeness (QED) is 0.635. The van der Waals surface area contributed by atoms with E-state index in [9.17, 15) is 4.79 Å². The van der Waals surface area contributed by atoms with Crippen LogP contribution < -0.4 is 5.32 Å². The molecule has 1 atom stereocenters. The molecule has 0 aromatic heterocycles. The van der Waals surface area contributed by atoms with Crippen LogP contribution in [0.2, 0.25) is 0 Å². The summed E-state index contributed by atoms with van der Waals surface area (Å²) >= 11 is 0.